The highest BCUT2D eigenvalue weighted by Crippen LogP contribution is 2.67. The molecule has 12 aromatic rings. The molecular weight excluding hydrogens is 883 g/mol. The zero-order chi connectivity index (χ0) is 48.5. The zero-order valence-electron chi connectivity index (χ0n) is 40.7. The number of para-hydroxylation sites is 2. The van der Waals surface area contributed by atoms with Crippen LogP contribution in [-0.2, 0) is 16.2 Å². The van der Waals surface area contributed by atoms with Crippen molar-refractivity contribution in [3.05, 3.63) is 316 Å². The van der Waals surface area contributed by atoms with Crippen molar-refractivity contribution in [3.63, 3.8) is 0 Å². The van der Waals surface area contributed by atoms with E-state index in [9.17, 15) is 0 Å². The molecule has 0 bridgehead atoms. The van der Waals surface area contributed by atoms with E-state index in [1.807, 2.05) is 12.1 Å². The van der Waals surface area contributed by atoms with Gasteiger partial charge in [-0.25, -0.2) is 0 Å². The molecule has 11 aromatic carbocycles. The summed E-state index contributed by atoms with van der Waals surface area (Å²) in [5.41, 5.74) is 24.1. The van der Waals surface area contributed by atoms with Crippen molar-refractivity contribution in [3.8, 4) is 33.4 Å². The summed E-state index contributed by atoms with van der Waals surface area (Å²) < 4.78 is 6.26. The van der Waals surface area contributed by atoms with E-state index in [2.05, 4.69) is 267 Å². The summed E-state index contributed by atoms with van der Waals surface area (Å²) in [6, 6.07) is 97.7. The van der Waals surface area contributed by atoms with Crippen LogP contribution in [0.4, 0.5) is 17.1 Å². The van der Waals surface area contributed by atoms with Crippen molar-refractivity contribution in [2.45, 2.75) is 30.1 Å². The first-order valence-electron chi connectivity index (χ1n) is 25.6. The van der Waals surface area contributed by atoms with Crippen LogP contribution in [0.2, 0.25) is 0 Å². The van der Waals surface area contributed by atoms with Gasteiger partial charge in [-0.15, -0.1) is 0 Å². The Kier molecular flexibility index (Phi) is 8.87. The molecule has 0 saturated carbocycles. The van der Waals surface area contributed by atoms with Crippen LogP contribution in [0, 0.1) is 0 Å². The van der Waals surface area contributed by atoms with Gasteiger partial charge in [-0.2, -0.15) is 0 Å². The summed E-state index contributed by atoms with van der Waals surface area (Å²) in [7, 11) is 0. The number of benzene rings is 11. The Morgan fingerprint density at radius 2 is 0.836 bits per heavy atom. The minimum absolute atomic E-state index is 0.194. The predicted molar refractivity (Wildman–Crippen MR) is 301 cm³/mol. The molecule has 2 unspecified atom stereocenters. The first-order chi connectivity index (χ1) is 36.0. The Morgan fingerprint density at radius 3 is 1.59 bits per heavy atom. The van der Waals surface area contributed by atoms with Gasteiger partial charge < -0.3 is 9.32 Å². The summed E-state index contributed by atoms with van der Waals surface area (Å²) in [5, 5.41) is 2.26. The van der Waals surface area contributed by atoms with Gasteiger partial charge in [0.05, 0.1) is 16.5 Å². The largest absolute Gasteiger partial charge is 0.456 e. The molecule has 0 N–H and O–H groups in total. The van der Waals surface area contributed by atoms with Gasteiger partial charge in [0.15, 0.2) is 0 Å². The SMILES string of the molecule is CC1(C)c2ccccc2-c2ccc(N(c3ccc(-c4ccc5oc6ccccc6c5c4)cc3)c3ccccc3C3(c4ccccc4)c4ccccc4C4(c5ccccc5)c5ccccc5-c5cccc3c54)cc21. The van der Waals surface area contributed by atoms with Crippen molar-refractivity contribution in [1.29, 1.82) is 0 Å². The molecule has 0 fully saturated rings. The fourth-order valence-electron chi connectivity index (χ4n) is 13.8. The third kappa shape index (κ3) is 5.64. The van der Waals surface area contributed by atoms with E-state index in [4.69, 9.17) is 4.42 Å². The Balaban J connectivity index is 1.01. The highest BCUT2D eigenvalue weighted by Gasteiger charge is 2.58. The van der Waals surface area contributed by atoms with Crippen LogP contribution in [0.15, 0.2) is 265 Å². The molecule has 73 heavy (non-hydrogen) atoms. The van der Waals surface area contributed by atoms with Crippen LogP contribution in [-0.4, -0.2) is 0 Å². The molecule has 0 saturated heterocycles. The number of furan rings is 1. The Morgan fingerprint density at radius 1 is 0.315 bits per heavy atom. The van der Waals surface area contributed by atoms with Gasteiger partial charge in [0, 0.05) is 27.6 Å². The topological polar surface area (TPSA) is 16.4 Å². The van der Waals surface area contributed by atoms with Crippen molar-refractivity contribution in [2.24, 2.45) is 0 Å². The monoisotopic (exact) mass is 931 g/mol. The molecule has 0 aliphatic heterocycles. The Hall–Kier alpha value is -8.98. The second-order valence-electron chi connectivity index (χ2n) is 20.7. The molecular formula is C71H49NO. The van der Waals surface area contributed by atoms with E-state index >= 15 is 0 Å². The normalized spacial score (nSPS) is 17.4. The second kappa shape index (κ2) is 15.5. The molecule has 3 aliphatic rings. The van der Waals surface area contributed by atoms with Crippen LogP contribution in [0.1, 0.15) is 69.5 Å². The second-order valence-corrected chi connectivity index (χ2v) is 20.7. The molecule has 3 aliphatic carbocycles. The van der Waals surface area contributed by atoms with Crippen molar-refractivity contribution in [2.75, 3.05) is 4.90 Å². The van der Waals surface area contributed by atoms with Crippen LogP contribution >= 0.6 is 0 Å². The molecule has 2 heteroatoms. The predicted octanol–water partition coefficient (Wildman–Crippen LogP) is 18.1. The third-order valence-corrected chi connectivity index (χ3v) is 16.8. The first-order valence-corrected chi connectivity index (χ1v) is 25.6. The standard InChI is InChI=1S/C71H49NO/c1-69(2)58-28-12-9-24-52(58)54-42-41-51(45-64(54)69)72(50-39-36-46(37-40-50)47-38-43-67-57(44-47)55-26-11-18-35-66(55)73-67)65-34-17-16-32-62(65)70(48-20-5-3-6-21-48)60-30-14-15-31-61(60)71(49-22-7-4-8-23-49)59-29-13-10-25-53(59)56-27-19-33-63(70)68(56)71/h3-45H,1-2H3. The van der Waals surface area contributed by atoms with E-state index in [1.165, 1.54) is 77.9 Å². The molecule has 0 spiro atoms. The molecule has 344 valence electrons. The smallest absolute Gasteiger partial charge is 0.135 e. The minimum Gasteiger partial charge on any atom is -0.456 e. The van der Waals surface area contributed by atoms with Gasteiger partial charge in [-0.1, -0.05) is 226 Å². The Bertz CT molecular complexity index is 4180. The number of fused-ring (bicyclic) bond motifs is 11. The number of hydrogen-bond donors (Lipinski definition) is 0. The lowest BCUT2D eigenvalue weighted by atomic mass is 9.51. The molecule has 1 aromatic heterocycles. The quantitative estimate of drug-likeness (QED) is 0.158. The van der Waals surface area contributed by atoms with Gasteiger partial charge in [-0.05, 0) is 138 Å². The van der Waals surface area contributed by atoms with Gasteiger partial charge in [0.25, 0.3) is 0 Å². The summed E-state index contributed by atoms with van der Waals surface area (Å²) in [4.78, 5) is 2.54. The molecule has 0 radical (unpaired) electrons. The van der Waals surface area contributed by atoms with Gasteiger partial charge >= 0.3 is 0 Å². The fraction of sp³-hybridized carbons (Fsp3) is 0.0704. The van der Waals surface area contributed by atoms with Crippen molar-refractivity contribution < 1.29 is 4.42 Å². The van der Waals surface area contributed by atoms with Crippen LogP contribution in [0.3, 0.4) is 0 Å². The Labute approximate surface area is 426 Å². The lowest BCUT2D eigenvalue weighted by Crippen LogP contribution is -2.44. The molecule has 15 rings (SSSR count). The number of anilines is 3. The summed E-state index contributed by atoms with van der Waals surface area (Å²) in [6.45, 7) is 4.76. The molecule has 0 amide bonds. The maximum atomic E-state index is 6.26. The highest BCUT2D eigenvalue weighted by atomic mass is 16.3. The summed E-state index contributed by atoms with van der Waals surface area (Å²) in [6.07, 6.45) is 0. The lowest BCUT2D eigenvalue weighted by Gasteiger charge is -2.50. The lowest BCUT2D eigenvalue weighted by molar-refractivity contribution is 0.627. The number of rotatable bonds is 7. The van der Waals surface area contributed by atoms with Gasteiger partial charge in [0.1, 0.15) is 11.2 Å². The van der Waals surface area contributed by atoms with E-state index < -0.39 is 10.8 Å². The fourth-order valence-corrected chi connectivity index (χ4v) is 13.8. The average molecular weight is 932 g/mol. The first kappa shape index (κ1) is 41.8. The van der Waals surface area contributed by atoms with E-state index in [0.717, 1.165) is 50.1 Å². The maximum absolute atomic E-state index is 6.26. The summed E-state index contributed by atoms with van der Waals surface area (Å²) in [5.74, 6) is 0. The number of hydrogen-bond acceptors (Lipinski definition) is 2. The minimum atomic E-state index is -0.757. The molecule has 1 heterocycles. The van der Waals surface area contributed by atoms with Gasteiger partial charge in [0.2, 0.25) is 0 Å². The molecule has 2 nitrogen and oxygen atoms in total. The van der Waals surface area contributed by atoms with E-state index in [-0.39, 0.29) is 5.41 Å². The zero-order valence-corrected chi connectivity index (χ0v) is 40.7. The maximum Gasteiger partial charge on any atom is 0.135 e. The van der Waals surface area contributed by atoms with E-state index in [0.29, 0.717) is 0 Å². The van der Waals surface area contributed by atoms with E-state index in [1.54, 1.807) is 0 Å². The van der Waals surface area contributed by atoms with Crippen LogP contribution in [0.5, 0.6) is 0 Å². The van der Waals surface area contributed by atoms with Crippen molar-refractivity contribution >= 4 is 39.0 Å². The highest BCUT2D eigenvalue weighted by molar-refractivity contribution is 6.06. The van der Waals surface area contributed by atoms with Crippen LogP contribution in [0.25, 0.3) is 55.3 Å². The summed E-state index contributed by atoms with van der Waals surface area (Å²) >= 11 is 0. The number of nitrogens with zero attached hydrogens (tertiary/aromatic N) is 1. The third-order valence-electron chi connectivity index (χ3n) is 16.8. The van der Waals surface area contributed by atoms with Gasteiger partial charge in [-0.3, -0.25) is 0 Å². The molecule has 2 atom stereocenters. The average Bonchev–Trinajstić information content (AvgIpc) is 4.11. The van der Waals surface area contributed by atoms with Crippen molar-refractivity contribution in [1.82, 2.24) is 0 Å². The van der Waals surface area contributed by atoms with Crippen LogP contribution < -0.4 is 4.90 Å².